The maximum absolute atomic E-state index is 6.39. The molecule has 1 saturated heterocycles. The van der Waals surface area contributed by atoms with Gasteiger partial charge in [-0.15, -0.1) is 12.4 Å². The van der Waals surface area contributed by atoms with Gasteiger partial charge >= 0.3 is 0 Å². The van der Waals surface area contributed by atoms with E-state index in [1.165, 1.54) is 67.4 Å². The number of rotatable bonds is 8. The molecule has 3 aromatic carbocycles. The van der Waals surface area contributed by atoms with Crippen LogP contribution in [-0.2, 0) is 26.1 Å². The zero-order chi connectivity index (χ0) is 23.2. The fourth-order valence-electron chi connectivity index (χ4n) is 5.80. The van der Waals surface area contributed by atoms with E-state index in [2.05, 4.69) is 72.5 Å². The minimum atomic E-state index is 0. The van der Waals surface area contributed by atoms with Gasteiger partial charge < -0.3 is 9.47 Å². The summed E-state index contributed by atoms with van der Waals surface area (Å²) in [5.74, 6) is 1.73. The molecular weight excluding hydrogens is 454 g/mol. The highest BCUT2D eigenvalue weighted by atomic mass is 35.5. The first-order chi connectivity index (χ1) is 16.8. The van der Waals surface area contributed by atoms with Crippen LogP contribution in [0.1, 0.15) is 61.3 Å². The molecule has 3 nitrogen and oxygen atoms in total. The summed E-state index contributed by atoms with van der Waals surface area (Å²) in [5, 5.41) is 0. The van der Waals surface area contributed by atoms with Crippen molar-refractivity contribution in [3.05, 3.63) is 95.1 Å². The van der Waals surface area contributed by atoms with E-state index < -0.39 is 0 Å². The van der Waals surface area contributed by atoms with Gasteiger partial charge in [0.2, 0.25) is 0 Å². The number of aryl methyl sites for hydroxylation is 1. The molecule has 0 N–H and O–H groups in total. The van der Waals surface area contributed by atoms with Gasteiger partial charge in [-0.3, -0.25) is 4.90 Å². The zero-order valence-electron chi connectivity index (χ0n) is 20.9. The van der Waals surface area contributed by atoms with Gasteiger partial charge in [0.15, 0.2) is 11.5 Å². The molecule has 1 unspecified atom stereocenters. The minimum Gasteiger partial charge on any atom is -0.485 e. The van der Waals surface area contributed by atoms with Crippen molar-refractivity contribution in [1.29, 1.82) is 0 Å². The predicted molar refractivity (Wildman–Crippen MR) is 146 cm³/mol. The number of ether oxygens (including phenoxy) is 2. The number of hydrogen-bond donors (Lipinski definition) is 0. The third kappa shape index (κ3) is 6.02. The van der Waals surface area contributed by atoms with Crippen molar-refractivity contribution < 1.29 is 9.47 Å². The Morgan fingerprint density at radius 3 is 1.97 bits per heavy atom. The highest BCUT2D eigenvalue weighted by molar-refractivity contribution is 5.85. The van der Waals surface area contributed by atoms with E-state index in [1.54, 1.807) is 0 Å². The first kappa shape index (κ1) is 25.6. The number of benzene rings is 3. The Hall–Kier alpha value is -2.49. The van der Waals surface area contributed by atoms with Gasteiger partial charge in [0.25, 0.3) is 0 Å². The lowest BCUT2D eigenvalue weighted by Crippen LogP contribution is -2.55. The second kappa shape index (κ2) is 12.0. The number of likely N-dealkylation sites (tertiary alicyclic amines) is 1. The van der Waals surface area contributed by atoms with E-state index in [-0.39, 0.29) is 12.4 Å². The van der Waals surface area contributed by atoms with Gasteiger partial charge in [-0.1, -0.05) is 74.0 Å². The summed E-state index contributed by atoms with van der Waals surface area (Å²) >= 11 is 0. The lowest BCUT2D eigenvalue weighted by molar-refractivity contribution is 0.0339. The Labute approximate surface area is 216 Å². The lowest BCUT2D eigenvalue weighted by Gasteiger charge is -2.50. The summed E-state index contributed by atoms with van der Waals surface area (Å²) < 4.78 is 12.7. The van der Waals surface area contributed by atoms with Crippen molar-refractivity contribution in [1.82, 2.24) is 4.90 Å². The number of piperidine rings is 1. The van der Waals surface area contributed by atoms with Crippen molar-refractivity contribution in [3.8, 4) is 11.5 Å². The lowest BCUT2D eigenvalue weighted by atomic mass is 9.72. The molecule has 2 aliphatic rings. The molecule has 0 amide bonds. The number of fused-ring (bicyclic) bond motifs is 1. The van der Waals surface area contributed by atoms with Gasteiger partial charge in [-0.25, -0.2) is 0 Å². The van der Waals surface area contributed by atoms with Gasteiger partial charge in [0.05, 0.1) is 0 Å². The van der Waals surface area contributed by atoms with Gasteiger partial charge in [-0.2, -0.15) is 0 Å². The molecule has 0 aromatic heterocycles. The monoisotopic (exact) mass is 491 g/mol. The summed E-state index contributed by atoms with van der Waals surface area (Å²) in [7, 11) is 0. The summed E-state index contributed by atoms with van der Waals surface area (Å²) in [5.41, 5.74) is 5.55. The van der Waals surface area contributed by atoms with E-state index in [0.29, 0.717) is 18.8 Å². The Balaban J connectivity index is 0.00000289. The Morgan fingerprint density at radius 1 is 0.771 bits per heavy atom. The maximum atomic E-state index is 6.39. The van der Waals surface area contributed by atoms with E-state index in [9.17, 15) is 0 Å². The fraction of sp³-hybridized carbons (Fsp3) is 0.419. The van der Waals surface area contributed by atoms with Crippen LogP contribution in [-0.4, -0.2) is 23.5 Å². The zero-order valence-corrected chi connectivity index (χ0v) is 21.7. The van der Waals surface area contributed by atoms with E-state index in [1.807, 2.05) is 12.1 Å². The first-order valence-electron chi connectivity index (χ1n) is 13.0. The molecule has 1 spiro atoms. The van der Waals surface area contributed by atoms with E-state index in [4.69, 9.17) is 9.47 Å². The van der Waals surface area contributed by atoms with Crippen LogP contribution in [0.25, 0.3) is 0 Å². The highest BCUT2D eigenvalue weighted by Gasteiger charge is 2.41. The minimum absolute atomic E-state index is 0. The van der Waals surface area contributed by atoms with Crippen molar-refractivity contribution in [2.45, 2.75) is 70.6 Å². The van der Waals surface area contributed by atoms with Crippen molar-refractivity contribution in [3.63, 3.8) is 0 Å². The van der Waals surface area contributed by atoms with E-state index >= 15 is 0 Å². The summed E-state index contributed by atoms with van der Waals surface area (Å²) in [6.07, 6.45) is 8.74. The largest absolute Gasteiger partial charge is 0.485 e. The van der Waals surface area contributed by atoms with Crippen LogP contribution in [0.4, 0.5) is 0 Å². The van der Waals surface area contributed by atoms with Crippen LogP contribution < -0.4 is 9.47 Å². The molecule has 3 aromatic rings. The van der Waals surface area contributed by atoms with Crippen LogP contribution in [0, 0.1) is 0 Å². The molecule has 0 radical (unpaired) electrons. The number of hydrogen-bond acceptors (Lipinski definition) is 3. The maximum Gasteiger partial charge on any atom is 0.161 e. The Morgan fingerprint density at radius 2 is 1.37 bits per heavy atom. The van der Waals surface area contributed by atoms with Crippen LogP contribution in [0.5, 0.6) is 11.5 Å². The van der Waals surface area contributed by atoms with Gasteiger partial charge in [0, 0.05) is 5.54 Å². The summed E-state index contributed by atoms with van der Waals surface area (Å²) in [6, 6.07) is 25.3. The molecule has 4 heteroatoms. The normalized spacial score (nSPS) is 19.6. The highest BCUT2D eigenvalue weighted by Crippen LogP contribution is 2.43. The first-order valence-corrected chi connectivity index (χ1v) is 13.0. The number of nitrogens with zero attached hydrogens (tertiary/aromatic N) is 1. The average molecular weight is 492 g/mol. The average Bonchev–Trinajstić information content (AvgIpc) is 2.89. The SMILES string of the molecule is CCCN1CCCCC12CCc1cc(OCc3ccccc3)c(OCc3ccccc3)cc1C2.Cl. The van der Waals surface area contributed by atoms with E-state index in [0.717, 1.165) is 24.3 Å². The van der Waals surface area contributed by atoms with Crippen LogP contribution in [0.3, 0.4) is 0 Å². The molecule has 35 heavy (non-hydrogen) atoms. The summed E-state index contributed by atoms with van der Waals surface area (Å²) in [6.45, 7) is 5.87. The quantitative estimate of drug-likeness (QED) is 0.328. The molecule has 1 aliphatic heterocycles. The second-order valence-electron chi connectivity index (χ2n) is 9.96. The fourth-order valence-corrected chi connectivity index (χ4v) is 5.80. The summed E-state index contributed by atoms with van der Waals surface area (Å²) in [4.78, 5) is 2.80. The third-order valence-electron chi connectivity index (χ3n) is 7.60. The Bertz CT molecular complexity index is 1070. The Kier molecular flexibility index (Phi) is 8.75. The number of halogens is 1. The second-order valence-corrected chi connectivity index (χ2v) is 9.96. The van der Waals surface area contributed by atoms with Crippen LogP contribution in [0.2, 0.25) is 0 Å². The van der Waals surface area contributed by atoms with Crippen molar-refractivity contribution in [2.24, 2.45) is 0 Å². The topological polar surface area (TPSA) is 21.7 Å². The third-order valence-corrected chi connectivity index (χ3v) is 7.60. The molecular formula is C31H38ClNO2. The van der Waals surface area contributed by atoms with Crippen molar-refractivity contribution in [2.75, 3.05) is 13.1 Å². The van der Waals surface area contributed by atoms with Crippen molar-refractivity contribution >= 4 is 12.4 Å². The standard InChI is InChI=1S/C31H37NO2.ClH/c1-2-18-32-19-10-9-16-31(32)17-15-27-20-29(33-23-25-11-5-3-6-12-25)30(21-28(27)22-31)34-24-26-13-7-4-8-14-26;/h3-8,11-14,20-21H,2,9-10,15-19,22-24H2,1H3;1H. The van der Waals surface area contributed by atoms with Crippen LogP contribution >= 0.6 is 12.4 Å². The molecule has 0 bridgehead atoms. The van der Waals surface area contributed by atoms with Crippen LogP contribution in [0.15, 0.2) is 72.8 Å². The molecule has 1 atom stereocenters. The predicted octanol–water partition coefficient (Wildman–Crippen LogP) is 7.39. The van der Waals surface area contributed by atoms with Gasteiger partial charge in [-0.05, 0) is 86.0 Å². The smallest absolute Gasteiger partial charge is 0.161 e. The molecule has 1 aliphatic carbocycles. The molecule has 1 heterocycles. The molecule has 0 saturated carbocycles. The molecule has 186 valence electrons. The molecule has 1 fully saturated rings. The molecule has 5 rings (SSSR count). The van der Waals surface area contributed by atoms with Gasteiger partial charge in [0.1, 0.15) is 13.2 Å².